The van der Waals surface area contributed by atoms with Gasteiger partial charge in [0.1, 0.15) is 5.75 Å². The number of benzene rings is 1. The number of nitrogens with one attached hydrogen (secondary N) is 1. The van der Waals surface area contributed by atoms with E-state index in [0.717, 1.165) is 26.2 Å². The highest BCUT2D eigenvalue weighted by Gasteiger charge is 2.19. The summed E-state index contributed by atoms with van der Waals surface area (Å²) in [6.07, 6.45) is 0. The molecule has 104 valence electrons. The lowest BCUT2D eigenvalue weighted by Gasteiger charge is -2.26. The molecule has 1 fully saturated rings. The van der Waals surface area contributed by atoms with Crippen molar-refractivity contribution in [3.8, 4) is 5.75 Å². The van der Waals surface area contributed by atoms with Gasteiger partial charge in [0.05, 0.1) is 29.3 Å². The lowest BCUT2D eigenvalue weighted by molar-refractivity contribution is 0.0918. The summed E-state index contributed by atoms with van der Waals surface area (Å²) in [5.74, 6) is 0.465. The average Bonchev–Trinajstić information content (AvgIpc) is 2.42. The third-order valence-corrected chi connectivity index (χ3v) is 3.84. The molecule has 1 aliphatic rings. The minimum atomic E-state index is -0.00248. The molecular formula is C13H16Cl2N2O2. The van der Waals surface area contributed by atoms with Crippen LogP contribution >= 0.6 is 23.2 Å². The highest BCUT2D eigenvalue weighted by molar-refractivity contribution is 6.42. The molecule has 1 aromatic carbocycles. The van der Waals surface area contributed by atoms with Gasteiger partial charge in [0.25, 0.3) is 0 Å². The van der Waals surface area contributed by atoms with Crippen molar-refractivity contribution in [2.45, 2.75) is 0 Å². The highest BCUT2D eigenvalue weighted by Crippen LogP contribution is 2.30. The first-order valence-electron chi connectivity index (χ1n) is 6.11. The monoisotopic (exact) mass is 302 g/mol. The molecule has 0 saturated carbocycles. The SMILES string of the molecule is COc1cc(Cl)c(Cl)cc1C(=O)CN1CCNCC1. The minimum Gasteiger partial charge on any atom is -0.496 e. The number of nitrogens with zero attached hydrogens (tertiary/aromatic N) is 1. The van der Waals surface area contributed by atoms with E-state index in [4.69, 9.17) is 27.9 Å². The molecule has 0 radical (unpaired) electrons. The van der Waals surface area contributed by atoms with Crippen LogP contribution in [0.15, 0.2) is 12.1 Å². The molecule has 0 amide bonds. The third-order valence-electron chi connectivity index (χ3n) is 3.12. The summed E-state index contributed by atoms with van der Waals surface area (Å²) in [6.45, 7) is 3.93. The van der Waals surface area contributed by atoms with Crippen molar-refractivity contribution in [1.29, 1.82) is 0 Å². The maximum atomic E-state index is 12.3. The Morgan fingerprint density at radius 1 is 1.32 bits per heavy atom. The molecule has 1 aliphatic heterocycles. The number of rotatable bonds is 4. The Labute approximate surface area is 122 Å². The van der Waals surface area contributed by atoms with Crippen LogP contribution in [0.25, 0.3) is 0 Å². The lowest BCUT2D eigenvalue weighted by Crippen LogP contribution is -2.45. The summed E-state index contributed by atoms with van der Waals surface area (Å²) in [7, 11) is 1.52. The molecule has 19 heavy (non-hydrogen) atoms. The van der Waals surface area contributed by atoms with Crippen molar-refractivity contribution in [2.75, 3.05) is 39.8 Å². The third kappa shape index (κ3) is 3.60. The minimum absolute atomic E-state index is 0.00248. The molecule has 0 unspecified atom stereocenters. The molecule has 1 N–H and O–H groups in total. The molecule has 6 heteroatoms. The van der Waals surface area contributed by atoms with Gasteiger partial charge in [-0.25, -0.2) is 0 Å². The molecule has 1 heterocycles. The van der Waals surface area contributed by atoms with Crippen molar-refractivity contribution in [3.63, 3.8) is 0 Å². The normalized spacial score (nSPS) is 16.4. The van der Waals surface area contributed by atoms with Gasteiger partial charge in [-0.1, -0.05) is 23.2 Å². The molecule has 2 rings (SSSR count). The Kier molecular flexibility index (Phi) is 5.05. The maximum Gasteiger partial charge on any atom is 0.180 e. The highest BCUT2D eigenvalue weighted by atomic mass is 35.5. The lowest BCUT2D eigenvalue weighted by atomic mass is 10.1. The van der Waals surface area contributed by atoms with E-state index < -0.39 is 0 Å². The zero-order chi connectivity index (χ0) is 13.8. The first-order valence-corrected chi connectivity index (χ1v) is 6.86. The number of ether oxygens (including phenoxy) is 1. The zero-order valence-corrected chi connectivity index (χ0v) is 12.2. The quantitative estimate of drug-likeness (QED) is 0.865. The van der Waals surface area contributed by atoms with Crippen LogP contribution in [0, 0.1) is 0 Å². The standard InChI is InChI=1S/C13H16Cl2N2O2/c1-19-13-7-11(15)10(14)6-9(13)12(18)8-17-4-2-16-3-5-17/h6-7,16H,2-5,8H2,1H3. The fourth-order valence-electron chi connectivity index (χ4n) is 2.07. The van der Waals surface area contributed by atoms with E-state index in [-0.39, 0.29) is 5.78 Å². The fourth-order valence-corrected chi connectivity index (χ4v) is 2.39. The average molecular weight is 303 g/mol. The molecule has 4 nitrogen and oxygen atoms in total. The smallest absolute Gasteiger partial charge is 0.180 e. The van der Waals surface area contributed by atoms with E-state index in [9.17, 15) is 4.79 Å². The van der Waals surface area contributed by atoms with Crippen molar-refractivity contribution in [1.82, 2.24) is 10.2 Å². The van der Waals surface area contributed by atoms with Gasteiger partial charge in [-0.05, 0) is 6.07 Å². The van der Waals surface area contributed by atoms with Gasteiger partial charge in [-0.15, -0.1) is 0 Å². The predicted molar refractivity (Wildman–Crippen MR) is 76.7 cm³/mol. The Balaban J connectivity index is 2.15. The topological polar surface area (TPSA) is 41.6 Å². The fraction of sp³-hybridized carbons (Fsp3) is 0.462. The molecule has 1 saturated heterocycles. The van der Waals surface area contributed by atoms with Crippen LogP contribution in [-0.2, 0) is 0 Å². The first-order chi connectivity index (χ1) is 9.11. The van der Waals surface area contributed by atoms with E-state index >= 15 is 0 Å². The first kappa shape index (κ1) is 14.6. The molecule has 0 spiro atoms. The second-order valence-electron chi connectivity index (χ2n) is 4.42. The van der Waals surface area contributed by atoms with E-state index in [1.165, 1.54) is 7.11 Å². The van der Waals surface area contributed by atoms with Gasteiger partial charge < -0.3 is 10.1 Å². The Bertz CT molecular complexity index is 474. The number of carbonyl (C=O) groups is 1. The van der Waals surface area contributed by atoms with Crippen LogP contribution in [0.2, 0.25) is 10.0 Å². The summed E-state index contributed by atoms with van der Waals surface area (Å²) >= 11 is 11.9. The van der Waals surface area contributed by atoms with Crippen LogP contribution in [0.1, 0.15) is 10.4 Å². The van der Waals surface area contributed by atoms with Crippen LogP contribution in [0.3, 0.4) is 0 Å². The summed E-state index contributed by atoms with van der Waals surface area (Å²) < 4.78 is 5.20. The molecule has 0 atom stereocenters. The zero-order valence-electron chi connectivity index (χ0n) is 10.7. The summed E-state index contributed by atoms with van der Waals surface area (Å²) in [5.41, 5.74) is 0.482. The number of methoxy groups -OCH3 is 1. The van der Waals surface area contributed by atoms with Crippen LogP contribution < -0.4 is 10.1 Å². The number of carbonyl (C=O) groups excluding carboxylic acids is 1. The summed E-state index contributed by atoms with van der Waals surface area (Å²) in [4.78, 5) is 14.4. The molecular weight excluding hydrogens is 287 g/mol. The molecule has 0 bridgehead atoms. The number of hydrogen-bond donors (Lipinski definition) is 1. The molecule has 1 aromatic rings. The van der Waals surface area contributed by atoms with Crippen molar-refractivity contribution in [3.05, 3.63) is 27.7 Å². The molecule has 0 aromatic heterocycles. The second kappa shape index (κ2) is 6.57. The van der Waals surface area contributed by atoms with E-state index in [1.807, 2.05) is 0 Å². The Morgan fingerprint density at radius 2 is 1.95 bits per heavy atom. The largest absolute Gasteiger partial charge is 0.496 e. The maximum absolute atomic E-state index is 12.3. The van der Waals surface area contributed by atoms with Crippen LogP contribution in [0.4, 0.5) is 0 Å². The van der Waals surface area contributed by atoms with Crippen molar-refractivity contribution >= 4 is 29.0 Å². The number of halogens is 2. The predicted octanol–water partition coefficient (Wildman–Crippen LogP) is 2.09. The van der Waals surface area contributed by atoms with E-state index in [2.05, 4.69) is 10.2 Å². The van der Waals surface area contributed by atoms with Gasteiger partial charge in [-0.2, -0.15) is 0 Å². The molecule has 0 aliphatic carbocycles. The number of piperazine rings is 1. The van der Waals surface area contributed by atoms with E-state index in [1.54, 1.807) is 12.1 Å². The summed E-state index contributed by atoms with van der Waals surface area (Å²) in [6, 6.07) is 3.15. The van der Waals surface area contributed by atoms with Gasteiger partial charge >= 0.3 is 0 Å². The number of hydrogen-bond acceptors (Lipinski definition) is 4. The van der Waals surface area contributed by atoms with Crippen molar-refractivity contribution in [2.24, 2.45) is 0 Å². The van der Waals surface area contributed by atoms with Gasteiger partial charge in [0, 0.05) is 32.2 Å². The number of ketones is 1. The Hall–Kier alpha value is -0.810. The van der Waals surface area contributed by atoms with Gasteiger partial charge in [0.2, 0.25) is 0 Å². The van der Waals surface area contributed by atoms with Gasteiger partial charge in [0.15, 0.2) is 5.78 Å². The van der Waals surface area contributed by atoms with Gasteiger partial charge in [-0.3, -0.25) is 9.69 Å². The van der Waals surface area contributed by atoms with Crippen LogP contribution in [0.5, 0.6) is 5.75 Å². The van der Waals surface area contributed by atoms with Crippen molar-refractivity contribution < 1.29 is 9.53 Å². The second-order valence-corrected chi connectivity index (χ2v) is 5.23. The summed E-state index contributed by atoms with van der Waals surface area (Å²) in [5, 5.41) is 4.00. The van der Waals surface area contributed by atoms with E-state index in [0.29, 0.717) is 27.9 Å². The number of Topliss-reactive ketones (excluding diaryl/α,β-unsaturated/α-hetero) is 1. The Morgan fingerprint density at radius 3 is 2.58 bits per heavy atom. The van der Waals surface area contributed by atoms with Crippen LogP contribution in [-0.4, -0.2) is 50.5 Å².